The lowest BCUT2D eigenvalue weighted by Gasteiger charge is -2.44. The molecule has 12 rings (SSSR count). The molecule has 3 aromatic carbocycles. The summed E-state index contributed by atoms with van der Waals surface area (Å²) < 4.78 is 84.5. The standard InChI is InChI=1S/C14H18O2.C13H16O2.C12H14O2.C8H14O3.2C8H14O2.C7H9F3O2.C7H12O2.C6H10O2/c1-9(2)13-12(16-14(13)15)8-11-6-4-10(3)5-7-11;1-9(2)12-11(15-13(12)14)8-10-6-4-3-5-7-10;1-8(2)10-11(14-12(10)13)9-6-4-3-5-7-9;1-5(2)7-6(4-10-3)11-8(7)9;1-5(2)6-7(9)10-8(6,3)4;1-5(2)4-7-6(3)10-8(7)9;1-3(2)4-5(7(8,9)10)12-6(4)11;1-4(2)6-5(3)9-7(6)8;1-4(2)5-3-8-6(5)7/h4-7,9,12-13H,8H2,1-3H3;3-7,9,11-12H,8H2,1-2H3;3-8,10-11H,1-2H3;5-7H,4H2,1-3H3;5-6H,1-4H3;5-7H,4H2,1-3H3;3-5H,1-2H3;4-6H,1-3H3;4-5H,3H2,1-2H3/t12-,13+;11-,12+;10-,11+;6-,7+;6-;6-,7+;4-,5-;5-,6+;5-/m110111011/s1. The van der Waals surface area contributed by atoms with Crippen LogP contribution in [0.1, 0.15) is 187 Å². The van der Waals surface area contributed by atoms with E-state index in [0.717, 1.165) is 24.8 Å². The molecule has 19 nitrogen and oxygen atoms in total. The maximum absolute atomic E-state index is 12.0. The summed E-state index contributed by atoms with van der Waals surface area (Å²) in [5.41, 5.74) is 4.63. The van der Waals surface area contributed by atoms with Crippen molar-refractivity contribution in [2.45, 2.75) is 233 Å². The Morgan fingerprint density at radius 3 is 1.11 bits per heavy atom. The molecule has 0 aliphatic carbocycles. The van der Waals surface area contributed by atoms with Gasteiger partial charge in [0.1, 0.15) is 60.7 Å². The fourth-order valence-electron chi connectivity index (χ4n) is 13.7. The molecule has 0 bridgehead atoms. The van der Waals surface area contributed by atoms with Gasteiger partial charge in [-0.15, -0.1) is 0 Å². The summed E-state index contributed by atoms with van der Waals surface area (Å²) in [5, 5.41) is 0. The average Bonchev–Trinajstić information content (AvgIpc) is 0.776. The van der Waals surface area contributed by atoms with Crippen molar-refractivity contribution in [2.24, 2.45) is 107 Å². The molecule has 0 amide bonds. The third kappa shape index (κ3) is 25.7. The van der Waals surface area contributed by atoms with E-state index in [1.807, 2.05) is 132 Å². The van der Waals surface area contributed by atoms with Crippen LogP contribution in [0.4, 0.5) is 13.2 Å². The summed E-state index contributed by atoms with van der Waals surface area (Å²) in [7, 11) is 1.61. The van der Waals surface area contributed by atoms with Gasteiger partial charge in [-0.3, -0.25) is 43.2 Å². The van der Waals surface area contributed by atoms with E-state index < -0.39 is 24.2 Å². The fourth-order valence-corrected chi connectivity index (χ4v) is 13.7. The molecule has 3 aromatic rings. The Labute approximate surface area is 621 Å². The van der Waals surface area contributed by atoms with Gasteiger partial charge in [-0.1, -0.05) is 215 Å². The van der Waals surface area contributed by atoms with Gasteiger partial charge in [0.25, 0.3) is 0 Å². The van der Waals surface area contributed by atoms with Crippen molar-refractivity contribution in [3.05, 3.63) is 107 Å². The van der Waals surface area contributed by atoms with Crippen molar-refractivity contribution >= 4 is 53.7 Å². The van der Waals surface area contributed by atoms with Gasteiger partial charge in [-0.05, 0) is 111 Å². The number of esters is 9. The van der Waals surface area contributed by atoms with Gasteiger partial charge < -0.3 is 47.4 Å². The SMILES string of the molecule is CC(C)C[C@@H]1C(=O)O[C@@H]1C.CC(C)[C@@H]1C(=O)OC1(C)C.CC(C)[C@@H]1C(=O)O[C@@H]1C.CC(C)[C@@H]1C(=O)O[C@@H]1C(F)(F)F.CC(C)[C@@H]1C(=O)O[C@@H]1Cc1ccccc1.CC(C)[C@@H]1C(=O)O[C@@H]1c1ccccc1.CC(C)[C@H]1COC1=O.COC[C@H]1OC(=O)[C@H]1C(C)C.Cc1ccc(C[C@H]2OC(=O)[C@H]2C(C)C)cc1. The van der Waals surface area contributed by atoms with E-state index in [4.69, 9.17) is 37.9 Å². The Hall–Kier alpha value is -7.36. The topological polar surface area (TPSA) is 246 Å². The van der Waals surface area contributed by atoms with Gasteiger partial charge in [0.2, 0.25) is 6.10 Å². The second kappa shape index (κ2) is 40.6. The summed E-state index contributed by atoms with van der Waals surface area (Å²) in [6, 6.07) is 28.5. The molecule has 105 heavy (non-hydrogen) atoms. The first-order chi connectivity index (χ1) is 48.9. The van der Waals surface area contributed by atoms with Gasteiger partial charge in [-0.2, -0.15) is 13.2 Å². The molecule has 9 aliphatic heterocycles. The number of cyclic esters (lactones) is 9. The molecule has 9 saturated heterocycles. The van der Waals surface area contributed by atoms with Crippen LogP contribution in [0.15, 0.2) is 84.9 Å². The number of benzene rings is 3. The predicted molar refractivity (Wildman–Crippen MR) is 390 cm³/mol. The van der Waals surface area contributed by atoms with Gasteiger partial charge >= 0.3 is 59.9 Å². The van der Waals surface area contributed by atoms with Crippen molar-refractivity contribution in [1.29, 1.82) is 0 Å². The molecule has 0 aromatic heterocycles. The average molecular weight is 1480 g/mol. The minimum atomic E-state index is -4.41. The zero-order valence-corrected chi connectivity index (χ0v) is 66.4. The monoisotopic (exact) mass is 1480 g/mol. The van der Waals surface area contributed by atoms with E-state index in [2.05, 4.69) is 108 Å². The fraction of sp³-hybridized carbons (Fsp3) is 0.675. The number of halogens is 3. The number of rotatable bonds is 17. The lowest BCUT2D eigenvalue weighted by atomic mass is 9.77. The molecule has 0 radical (unpaired) electrons. The number of aryl methyl sites for hydroxylation is 1. The second-order valence-electron chi connectivity index (χ2n) is 32.3. The summed E-state index contributed by atoms with van der Waals surface area (Å²) in [4.78, 5) is 98.0. The van der Waals surface area contributed by atoms with E-state index in [1.165, 1.54) is 16.7 Å². The van der Waals surface area contributed by atoms with Crippen LogP contribution in [0, 0.1) is 113 Å². The number of ether oxygens (including phenoxy) is 10. The minimum absolute atomic E-state index is 0.00694. The zero-order valence-electron chi connectivity index (χ0n) is 66.4. The quantitative estimate of drug-likeness (QED) is 0.0900. The molecular formula is C83H121F3O19. The molecule has 9 fully saturated rings. The number of carbonyl (C=O) groups is 9. The van der Waals surface area contributed by atoms with E-state index in [0.29, 0.717) is 60.6 Å². The van der Waals surface area contributed by atoms with Crippen LogP contribution >= 0.6 is 0 Å². The summed E-state index contributed by atoms with van der Waals surface area (Å²) in [6.07, 6.45) is -3.20. The van der Waals surface area contributed by atoms with E-state index in [9.17, 15) is 56.3 Å². The van der Waals surface area contributed by atoms with Gasteiger partial charge in [-0.25, -0.2) is 0 Å². The normalized spacial score (nSPS) is 28.1. The zero-order chi connectivity index (χ0) is 79.4. The maximum Gasteiger partial charge on any atom is 0.426 e. The van der Waals surface area contributed by atoms with Crippen molar-refractivity contribution in [3.63, 3.8) is 0 Å². The van der Waals surface area contributed by atoms with Crippen molar-refractivity contribution in [3.8, 4) is 0 Å². The summed E-state index contributed by atoms with van der Waals surface area (Å²) in [5.74, 6) is 1.83. The van der Waals surface area contributed by atoms with Gasteiger partial charge in [0.15, 0.2) is 0 Å². The summed E-state index contributed by atoms with van der Waals surface area (Å²) in [6.45, 7) is 47.1. The van der Waals surface area contributed by atoms with Crippen LogP contribution in [-0.4, -0.2) is 122 Å². The first-order valence-electron chi connectivity index (χ1n) is 37.4. The first-order valence-corrected chi connectivity index (χ1v) is 37.4. The van der Waals surface area contributed by atoms with Gasteiger partial charge in [0, 0.05) is 20.0 Å². The van der Waals surface area contributed by atoms with E-state index in [-0.39, 0.29) is 143 Å². The number of methoxy groups -OCH3 is 1. The lowest BCUT2D eigenvalue weighted by Crippen LogP contribution is -2.55. The van der Waals surface area contributed by atoms with Crippen LogP contribution < -0.4 is 0 Å². The predicted octanol–water partition coefficient (Wildman–Crippen LogP) is 15.5. The first kappa shape index (κ1) is 90.0. The molecule has 0 saturated carbocycles. The largest absolute Gasteiger partial charge is 0.464 e. The van der Waals surface area contributed by atoms with Crippen molar-refractivity contribution in [2.75, 3.05) is 20.3 Å². The Kier molecular flexibility index (Phi) is 34.8. The summed E-state index contributed by atoms with van der Waals surface area (Å²) >= 11 is 0. The molecule has 9 heterocycles. The lowest BCUT2D eigenvalue weighted by molar-refractivity contribution is -0.274. The third-order valence-electron chi connectivity index (χ3n) is 20.0. The third-order valence-corrected chi connectivity index (χ3v) is 20.0. The van der Waals surface area contributed by atoms with Crippen molar-refractivity contribution < 1.29 is 104 Å². The maximum atomic E-state index is 12.0. The van der Waals surface area contributed by atoms with Crippen molar-refractivity contribution in [1.82, 2.24) is 0 Å². The van der Waals surface area contributed by atoms with Crippen LogP contribution in [0.5, 0.6) is 0 Å². The van der Waals surface area contributed by atoms with E-state index >= 15 is 0 Å². The molecule has 0 N–H and O–H groups in total. The number of hydrogen-bond donors (Lipinski definition) is 0. The molecule has 588 valence electrons. The van der Waals surface area contributed by atoms with Crippen LogP contribution in [0.25, 0.3) is 0 Å². The van der Waals surface area contributed by atoms with Crippen LogP contribution in [0.2, 0.25) is 0 Å². The minimum Gasteiger partial charge on any atom is -0.464 e. The number of carbonyl (C=O) groups excluding carboxylic acids is 9. The highest BCUT2D eigenvalue weighted by atomic mass is 19.4. The number of alkyl halides is 3. The Balaban J connectivity index is 0.000000252. The van der Waals surface area contributed by atoms with Crippen LogP contribution in [0.3, 0.4) is 0 Å². The Morgan fingerprint density at radius 2 is 0.848 bits per heavy atom. The molecule has 16 atom stereocenters. The molecule has 9 aliphatic rings. The number of hydrogen-bond acceptors (Lipinski definition) is 19. The van der Waals surface area contributed by atoms with E-state index in [1.54, 1.807) is 21.0 Å². The second-order valence-corrected chi connectivity index (χ2v) is 32.3. The molecule has 22 heteroatoms. The highest BCUT2D eigenvalue weighted by Gasteiger charge is 2.59. The highest BCUT2D eigenvalue weighted by molar-refractivity contribution is 5.82. The Bertz CT molecular complexity index is 3260. The Morgan fingerprint density at radius 1 is 0.438 bits per heavy atom. The van der Waals surface area contributed by atoms with Gasteiger partial charge in [0.05, 0.1) is 48.0 Å². The highest BCUT2D eigenvalue weighted by Crippen LogP contribution is 2.43. The molecule has 0 spiro atoms. The van der Waals surface area contributed by atoms with Crippen LogP contribution in [-0.2, 0) is 103 Å². The molecular weight excluding hydrogens is 1360 g/mol. The smallest absolute Gasteiger partial charge is 0.426 e. The molecule has 0 unspecified atom stereocenters.